The van der Waals surface area contributed by atoms with Crippen LogP contribution in [0.15, 0.2) is 5.38 Å². The van der Waals surface area contributed by atoms with E-state index in [9.17, 15) is 0 Å². The monoisotopic (exact) mass is 225 g/mol. The molecule has 1 aromatic heterocycles. The highest BCUT2D eigenvalue weighted by molar-refractivity contribution is 7.13. The standard InChI is InChI=1S/C11H19N3S/c1-9(12)10-8-15-11(13-10)14-6-4-2-3-5-7-14/h8-9H,2-7,12H2,1H3. The number of thiazole rings is 1. The van der Waals surface area contributed by atoms with Crippen LogP contribution in [0.2, 0.25) is 0 Å². The molecule has 15 heavy (non-hydrogen) atoms. The summed E-state index contributed by atoms with van der Waals surface area (Å²) in [5.74, 6) is 0. The predicted molar refractivity (Wildman–Crippen MR) is 65.4 cm³/mol. The number of nitrogens with zero attached hydrogens (tertiary/aromatic N) is 2. The fourth-order valence-electron chi connectivity index (χ4n) is 1.89. The lowest BCUT2D eigenvalue weighted by molar-refractivity contribution is 0.726. The lowest BCUT2D eigenvalue weighted by Gasteiger charge is -2.18. The van der Waals surface area contributed by atoms with E-state index < -0.39 is 0 Å². The van der Waals surface area contributed by atoms with Crippen molar-refractivity contribution in [3.8, 4) is 0 Å². The normalized spacial score (nSPS) is 20.0. The van der Waals surface area contributed by atoms with Gasteiger partial charge in [-0.1, -0.05) is 12.8 Å². The lowest BCUT2D eigenvalue weighted by atomic mass is 10.2. The average molecular weight is 225 g/mol. The fraction of sp³-hybridized carbons (Fsp3) is 0.727. The van der Waals surface area contributed by atoms with Crippen LogP contribution in [-0.4, -0.2) is 18.1 Å². The minimum absolute atomic E-state index is 0.0574. The molecule has 1 atom stereocenters. The van der Waals surface area contributed by atoms with Crippen LogP contribution in [0.4, 0.5) is 5.13 Å². The van der Waals surface area contributed by atoms with Crippen LogP contribution in [0.1, 0.15) is 44.3 Å². The summed E-state index contributed by atoms with van der Waals surface area (Å²) in [6, 6.07) is 0.0574. The van der Waals surface area contributed by atoms with Crippen molar-refractivity contribution >= 4 is 16.5 Å². The van der Waals surface area contributed by atoms with Gasteiger partial charge in [-0.15, -0.1) is 11.3 Å². The third-order valence-corrected chi connectivity index (χ3v) is 3.77. The Kier molecular flexibility index (Phi) is 3.59. The molecule has 0 amide bonds. The topological polar surface area (TPSA) is 42.1 Å². The van der Waals surface area contributed by atoms with Gasteiger partial charge in [-0.3, -0.25) is 0 Å². The van der Waals surface area contributed by atoms with Crippen molar-refractivity contribution in [2.45, 2.75) is 38.6 Å². The number of hydrogen-bond acceptors (Lipinski definition) is 4. The van der Waals surface area contributed by atoms with Gasteiger partial charge < -0.3 is 10.6 Å². The molecule has 2 rings (SSSR count). The second-order valence-corrected chi connectivity index (χ2v) is 5.08. The Labute approximate surface area is 95.3 Å². The van der Waals surface area contributed by atoms with E-state index in [0.717, 1.165) is 23.9 Å². The highest BCUT2D eigenvalue weighted by Gasteiger charge is 2.14. The molecule has 1 unspecified atom stereocenters. The fourth-order valence-corrected chi connectivity index (χ4v) is 2.88. The molecular weight excluding hydrogens is 206 g/mol. The van der Waals surface area contributed by atoms with Crippen molar-refractivity contribution in [3.63, 3.8) is 0 Å². The summed E-state index contributed by atoms with van der Waals surface area (Å²) in [6.07, 6.45) is 5.32. The molecule has 2 heterocycles. The van der Waals surface area contributed by atoms with Gasteiger partial charge in [0.25, 0.3) is 0 Å². The van der Waals surface area contributed by atoms with E-state index in [4.69, 9.17) is 5.73 Å². The third-order valence-electron chi connectivity index (χ3n) is 2.85. The molecular formula is C11H19N3S. The van der Waals surface area contributed by atoms with Crippen LogP contribution in [0, 0.1) is 0 Å². The number of rotatable bonds is 2. The highest BCUT2D eigenvalue weighted by Crippen LogP contribution is 2.25. The third kappa shape index (κ3) is 2.69. The predicted octanol–water partition coefficient (Wildman–Crippen LogP) is 2.54. The lowest BCUT2D eigenvalue weighted by Crippen LogP contribution is -2.23. The molecule has 3 nitrogen and oxygen atoms in total. The molecule has 2 N–H and O–H groups in total. The van der Waals surface area contributed by atoms with Gasteiger partial charge in [-0.25, -0.2) is 4.98 Å². The number of nitrogens with two attached hydrogens (primary N) is 1. The Bertz CT molecular complexity index is 301. The van der Waals surface area contributed by atoms with Crippen molar-refractivity contribution in [2.75, 3.05) is 18.0 Å². The second kappa shape index (κ2) is 4.94. The largest absolute Gasteiger partial charge is 0.348 e. The smallest absolute Gasteiger partial charge is 0.185 e. The zero-order valence-electron chi connectivity index (χ0n) is 9.28. The number of hydrogen-bond donors (Lipinski definition) is 1. The van der Waals surface area contributed by atoms with E-state index >= 15 is 0 Å². The van der Waals surface area contributed by atoms with Crippen molar-refractivity contribution in [1.82, 2.24) is 4.98 Å². The molecule has 0 radical (unpaired) electrons. The highest BCUT2D eigenvalue weighted by atomic mass is 32.1. The Hall–Kier alpha value is -0.610. The molecule has 84 valence electrons. The van der Waals surface area contributed by atoms with Gasteiger partial charge in [0.1, 0.15) is 0 Å². The first kappa shape index (κ1) is 10.9. The number of aromatic nitrogens is 1. The molecule has 4 heteroatoms. The second-order valence-electron chi connectivity index (χ2n) is 4.24. The van der Waals surface area contributed by atoms with Gasteiger partial charge in [0.05, 0.1) is 5.69 Å². The summed E-state index contributed by atoms with van der Waals surface area (Å²) in [7, 11) is 0. The summed E-state index contributed by atoms with van der Waals surface area (Å²) in [5, 5.41) is 3.24. The first-order valence-electron chi connectivity index (χ1n) is 5.73. The molecule has 0 bridgehead atoms. The van der Waals surface area contributed by atoms with E-state index in [1.165, 1.54) is 25.7 Å². The summed E-state index contributed by atoms with van der Waals surface area (Å²) in [5.41, 5.74) is 6.84. The Morgan fingerprint density at radius 2 is 2.00 bits per heavy atom. The van der Waals surface area contributed by atoms with Gasteiger partial charge >= 0.3 is 0 Å². The van der Waals surface area contributed by atoms with Crippen LogP contribution < -0.4 is 10.6 Å². The zero-order chi connectivity index (χ0) is 10.7. The molecule has 0 aliphatic carbocycles. The van der Waals surface area contributed by atoms with Gasteiger partial charge in [0.2, 0.25) is 0 Å². The molecule has 1 aromatic rings. The van der Waals surface area contributed by atoms with E-state index in [0.29, 0.717) is 0 Å². The maximum atomic E-state index is 5.81. The molecule has 1 saturated heterocycles. The molecule has 1 fully saturated rings. The molecule has 0 saturated carbocycles. The molecule has 1 aliphatic heterocycles. The number of anilines is 1. The maximum absolute atomic E-state index is 5.81. The van der Waals surface area contributed by atoms with Gasteiger partial charge in [0, 0.05) is 24.5 Å². The minimum Gasteiger partial charge on any atom is -0.348 e. The van der Waals surface area contributed by atoms with Gasteiger partial charge in [-0.2, -0.15) is 0 Å². The summed E-state index contributed by atoms with van der Waals surface area (Å²) in [6.45, 7) is 4.30. The molecule has 0 spiro atoms. The molecule has 1 aliphatic rings. The van der Waals surface area contributed by atoms with E-state index in [2.05, 4.69) is 15.3 Å². The quantitative estimate of drug-likeness (QED) is 0.841. The SMILES string of the molecule is CC(N)c1csc(N2CCCCCC2)n1. The zero-order valence-corrected chi connectivity index (χ0v) is 10.1. The Balaban J connectivity index is 2.06. The van der Waals surface area contributed by atoms with Crippen LogP contribution in [-0.2, 0) is 0 Å². The van der Waals surface area contributed by atoms with E-state index in [-0.39, 0.29) is 6.04 Å². The van der Waals surface area contributed by atoms with Crippen molar-refractivity contribution in [1.29, 1.82) is 0 Å². The van der Waals surface area contributed by atoms with E-state index in [1.807, 2.05) is 6.92 Å². The van der Waals surface area contributed by atoms with Crippen LogP contribution in [0.5, 0.6) is 0 Å². The summed E-state index contributed by atoms with van der Waals surface area (Å²) >= 11 is 1.73. The summed E-state index contributed by atoms with van der Waals surface area (Å²) < 4.78 is 0. The molecule has 0 aromatic carbocycles. The Morgan fingerprint density at radius 3 is 2.53 bits per heavy atom. The maximum Gasteiger partial charge on any atom is 0.185 e. The summed E-state index contributed by atoms with van der Waals surface area (Å²) in [4.78, 5) is 7.00. The Morgan fingerprint density at radius 1 is 1.33 bits per heavy atom. The van der Waals surface area contributed by atoms with Crippen molar-refractivity contribution in [2.24, 2.45) is 5.73 Å². The van der Waals surface area contributed by atoms with E-state index in [1.54, 1.807) is 11.3 Å². The minimum atomic E-state index is 0.0574. The average Bonchev–Trinajstić information content (AvgIpc) is 2.55. The van der Waals surface area contributed by atoms with Crippen LogP contribution in [0.25, 0.3) is 0 Å². The van der Waals surface area contributed by atoms with Crippen LogP contribution in [0.3, 0.4) is 0 Å². The van der Waals surface area contributed by atoms with Crippen molar-refractivity contribution in [3.05, 3.63) is 11.1 Å². The van der Waals surface area contributed by atoms with Gasteiger partial charge in [-0.05, 0) is 19.8 Å². The first-order valence-corrected chi connectivity index (χ1v) is 6.61. The first-order chi connectivity index (χ1) is 7.27. The van der Waals surface area contributed by atoms with Crippen LogP contribution >= 0.6 is 11.3 Å². The van der Waals surface area contributed by atoms with Crippen molar-refractivity contribution < 1.29 is 0 Å². The van der Waals surface area contributed by atoms with Gasteiger partial charge in [0.15, 0.2) is 5.13 Å².